The van der Waals surface area contributed by atoms with Gasteiger partial charge in [-0.2, -0.15) is 10.4 Å². The van der Waals surface area contributed by atoms with Crippen LogP contribution < -0.4 is 9.84 Å². The number of hydrogen-bond donors (Lipinski definition) is 0. The Kier molecular flexibility index (Phi) is 4.01. The van der Waals surface area contributed by atoms with Crippen LogP contribution in [-0.2, 0) is 6.54 Å². The number of methoxy groups -OCH3 is 1. The number of carboxylic acids is 1. The Hall–Kier alpha value is -2.81. The molecule has 0 aliphatic carbocycles. The first-order chi connectivity index (χ1) is 9.65. The first-order valence-electron chi connectivity index (χ1n) is 5.96. The van der Waals surface area contributed by atoms with E-state index in [2.05, 4.69) is 5.10 Å². The van der Waals surface area contributed by atoms with Crippen LogP contribution in [0.5, 0.6) is 5.75 Å². The Morgan fingerprint density at radius 1 is 1.55 bits per heavy atom. The molecule has 0 aliphatic heterocycles. The second kappa shape index (κ2) is 5.89. The molecule has 1 aromatic carbocycles. The Bertz CT molecular complexity index is 671. The van der Waals surface area contributed by atoms with Gasteiger partial charge in [0.2, 0.25) is 0 Å². The Morgan fingerprint density at radius 2 is 2.35 bits per heavy atom. The molecule has 0 fully saturated rings. The van der Waals surface area contributed by atoms with Gasteiger partial charge < -0.3 is 14.6 Å². The first-order valence-corrected chi connectivity index (χ1v) is 5.96. The lowest BCUT2D eigenvalue weighted by Gasteiger charge is -2.05. The number of carbonyl (C=O) groups excluding carboxylic acids is 1. The van der Waals surface area contributed by atoms with E-state index in [4.69, 9.17) is 10.00 Å². The number of aryl methyl sites for hydroxylation is 1. The summed E-state index contributed by atoms with van der Waals surface area (Å²) in [6, 6.07) is 8.94. The molecule has 0 bridgehead atoms. The minimum atomic E-state index is -1.30. The summed E-state index contributed by atoms with van der Waals surface area (Å²) in [6.07, 6.45) is 1.63. The number of nitriles is 1. The molecule has 0 saturated heterocycles. The Balaban J connectivity index is 2.45. The number of hydrogen-bond acceptors (Lipinski definition) is 5. The fourth-order valence-corrected chi connectivity index (χ4v) is 1.83. The number of carboxylic acid groups (broad SMARTS) is 1. The topological polar surface area (TPSA) is 91.0 Å². The Labute approximate surface area is 115 Å². The molecule has 20 heavy (non-hydrogen) atoms. The fourth-order valence-electron chi connectivity index (χ4n) is 1.83. The maximum atomic E-state index is 11.2. The van der Waals surface area contributed by atoms with Gasteiger partial charge in [0.05, 0.1) is 32.1 Å². The highest BCUT2D eigenvalue weighted by Gasteiger charge is 2.12. The molecule has 0 unspecified atom stereocenters. The number of ether oxygens (including phenoxy) is 1. The standard InChI is InChI=1S/C14H13N3O3/c1-20-11-5-2-4-10(8-11)13-12(14(18)19)9-17(16-13)7-3-6-15/h2,4-5,8-9H,3,7H2,1H3,(H,18,19)/p-1. The van der Waals surface area contributed by atoms with Gasteiger partial charge in [-0.25, -0.2) is 0 Å². The molecule has 0 radical (unpaired) electrons. The van der Waals surface area contributed by atoms with Gasteiger partial charge in [0, 0.05) is 17.3 Å². The van der Waals surface area contributed by atoms with Crippen LogP contribution in [0.3, 0.4) is 0 Å². The lowest BCUT2D eigenvalue weighted by Crippen LogP contribution is -2.22. The molecular formula is C14H12N3O3-. The third-order valence-electron chi connectivity index (χ3n) is 2.78. The second-order valence-electron chi connectivity index (χ2n) is 4.08. The minimum Gasteiger partial charge on any atom is -0.545 e. The highest BCUT2D eigenvalue weighted by Crippen LogP contribution is 2.25. The second-order valence-corrected chi connectivity index (χ2v) is 4.08. The normalized spacial score (nSPS) is 10.0. The average Bonchev–Trinajstić information content (AvgIpc) is 2.89. The lowest BCUT2D eigenvalue weighted by atomic mass is 10.1. The molecule has 6 nitrogen and oxygen atoms in total. The zero-order valence-electron chi connectivity index (χ0n) is 10.9. The van der Waals surface area contributed by atoms with Crippen molar-refractivity contribution in [2.45, 2.75) is 13.0 Å². The van der Waals surface area contributed by atoms with E-state index in [1.165, 1.54) is 18.0 Å². The molecule has 2 aromatic rings. The summed E-state index contributed by atoms with van der Waals surface area (Å²) in [5.41, 5.74) is 0.928. The van der Waals surface area contributed by atoms with Crippen LogP contribution >= 0.6 is 0 Å². The van der Waals surface area contributed by atoms with Gasteiger partial charge in [0.1, 0.15) is 11.4 Å². The van der Waals surface area contributed by atoms with Gasteiger partial charge in [-0.3, -0.25) is 4.68 Å². The summed E-state index contributed by atoms with van der Waals surface area (Å²) >= 11 is 0. The van der Waals surface area contributed by atoms with E-state index in [1.54, 1.807) is 24.3 Å². The minimum absolute atomic E-state index is 0.00353. The molecule has 102 valence electrons. The zero-order chi connectivity index (χ0) is 14.5. The van der Waals surface area contributed by atoms with Gasteiger partial charge in [-0.15, -0.1) is 0 Å². The molecule has 1 aromatic heterocycles. The molecule has 0 aliphatic rings. The van der Waals surface area contributed by atoms with Crippen LogP contribution in [0.25, 0.3) is 11.3 Å². The van der Waals surface area contributed by atoms with Crippen LogP contribution in [0.15, 0.2) is 30.5 Å². The Morgan fingerprint density at radius 3 is 3.00 bits per heavy atom. The summed E-state index contributed by atoms with van der Waals surface area (Å²) < 4.78 is 6.54. The molecule has 6 heteroatoms. The number of aromatic nitrogens is 2. The van der Waals surface area contributed by atoms with Gasteiger partial charge >= 0.3 is 0 Å². The molecule has 0 N–H and O–H groups in total. The monoisotopic (exact) mass is 270 g/mol. The molecule has 0 amide bonds. The molecule has 0 saturated carbocycles. The smallest absolute Gasteiger partial charge is 0.119 e. The summed E-state index contributed by atoms with van der Waals surface area (Å²) in [6.45, 7) is 0.334. The van der Waals surface area contributed by atoms with Crippen molar-refractivity contribution in [3.8, 4) is 23.1 Å². The van der Waals surface area contributed by atoms with E-state index < -0.39 is 5.97 Å². The summed E-state index contributed by atoms with van der Waals surface area (Å²) in [4.78, 5) is 11.2. The first kappa shape index (κ1) is 13.6. The molecular weight excluding hydrogens is 258 g/mol. The largest absolute Gasteiger partial charge is 0.545 e. The van der Waals surface area contributed by atoms with Crippen LogP contribution in [0, 0.1) is 11.3 Å². The average molecular weight is 270 g/mol. The number of rotatable bonds is 5. The predicted molar refractivity (Wildman–Crippen MR) is 68.8 cm³/mol. The van der Waals surface area contributed by atoms with E-state index in [-0.39, 0.29) is 12.0 Å². The van der Waals surface area contributed by atoms with E-state index in [0.717, 1.165) is 0 Å². The third kappa shape index (κ3) is 2.78. The van der Waals surface area contributed by atoms with Crippen LogP contribution in [0.4, 0.5) is 0 Å². The van der Waals surface area contributed by atoms with Crippen molar-refractivity contribution >= 4 is 5.97 Å². The van der Waals surface area contributed by atoms with E-state index in [9.17, 15) is 9.90 Å². The van der Waals surface area contributed by atoms with E-state index >= 15 is 0 Å². The number of benzene rings is 1. The van der Waals surface area contributed by atoms with E-state index in [1.807, 2.05) is 6.07 Å². The van der Waals surface area contributed by atoms with Crippen molar-refractivity contribution in [2.24, 2.45) is 0 Å². The number of nitrogens with zero attached hydrogens (tertiary/aromatic N) is 3. The summed E-state index contributed by atoms with van der Waals surface area (Å²) in [5, 5.41) is 23.9. The molecule has 2 rings (SSSR count). The number of aromatic carboxylic acids is 1. The lowest BCUT2D eigenvalue weighted by molar-refractivity contribution is -0.254. The van der Waals surface area contributed by atoms with Crippen molar-refractivity contribution in [2.75, 3.05) is 7.11 Å². The van der Waals surface area contributed by atoms with Crippen molar-refractivity contribution in [3.63, 3.8) is 0 Å². The van der Waals surface area contributed by atoms with Crippen molar-refractivity contribution in [1.29, 1.82) is 5.26 Å². The van der Waals surface area contributed by atoms with Crippen molar-refractivity contribution in [1.82, 2.24) is 9.78 Å². The SMILES string of the molecule is COc1cccc(-c2nn(CCC#N)cc2C(=O)[O-])c1. The van der Waals surface area contributed by atoms with Crippen molar-refractivity contribution in [3.05, 3.63) is 36.0 Å². The maximum Gasteiger partial charge on any atom is 0.119 e. The quantitative estimate of drug-likeness (QED) is 0.802. The van der Waals surface area contributed by atoms with Gasteiger partial charge in [0.15, 0.2) is 0 Å². The maximum absolute atomic E-state index is 11.2. The molecule has 0 atom stereocenters. The number of carbonyl (C=O) groups is 1. The summed E-state index contributed by atoms with van der Waals surface area (Å²) in [7, 11) is 1.53. The van der Waals surface area contributed by atoms with E-state index in [0.29, 0.717) is 23.6 Å². The van der Waals surface area contributed by atoms with Crippen LogP contribution in [0.1, 0.15) is 16.8 Å². The van der Waals surface area contributed by atoms with Gasteiger partial charge in [-0.05, 0) is 12.1 Å². The van der Waals surface area contributed by atoms with Gasteiger partial charge in [0.25, 0.3) is 0 Å². The van der Waals surface area contributed by atoms with Crippen molar-refractivity contribution < 1.29 is 14.6 Å². The van der Waals surface area contributed by atoms with Gasteiger partial charge in [-0.1, -0.05) is 12.1 Å². The summed E-state index contributed by atoms with van der Waals surface area (Å²) in [5.74, 6) is -0.690. The highest BCUT2D eigenvalue weighted by molar-refractivity contribution is 5.93. The molecule has 1 heterocycles. The van der Waals surface area contributed by atoms with Crippen LogP contribution in [-0.4, -0.2) is 22.9 Å². The van der Waals surface area contributed by atoms with Crippen LogP contribution in [0.2, 0.25) is 0 Å². The zero-order valence-corrected chi connectivity index (χ0v) is 10.9. The predicted octanol–water partition coefficient (Wildman–Crippen LogP) is 0.836. The molecule has 0 spiro atoms. The fraction of sp³-hybridized carbons (Fsp3) is 0.214. The third-order valence-corrected chi connectivity index (χ3v) is 2.78. The highest BCUT2D eigenvalue weighted by atomic mass is 16.5.